The highest BCUT2D eigenvalue weighted by atomic mass is 35.5. The van der Waals surface area contributed by atoms with Crippen molar-refractivity contribution in [1.29, 1.82) is 0 Å². The van der Waals surface area contributed by atoms with Crippen LogP contribution in [-0.4, -0.2) is 194 Å². The maximum Gasteiger partial charge on any atom is 0.410 e. The van der Waals surface area contributed by atoms with E-state index in [9.17, 15) is 64.8 Å². The van der Waals surface area contributed by atoms with Gasteiger partial charge in [-0.25, -0.2) is 45.5 Å². The van der Waals surface area contributed by atoms with E-state index >= 15 is 0 Å². The van der Waals surface area contributed by atoms with E-state index in [4.69, 9.17) is 74.8 Å². The van der Waals surface area contributed by atoms with Crippen molar-refractivity contribution >= 4 is 126 Å². The maximum absolute atomic E-state index is 14.4. The molecule has 6 aliphatic heterocycles. The van der Waals surface area contributed by atoms with E-state index in [1.807, 2.05) is 19.1 Å². The molecule has 2 saturated carbocycles. The van der Waals surface area contributed by atoms with Crippen LogP contribution in [0, 0.1) is 11.8 Å². The van der Waals surface area contributed by atoms with Gasteiger partial charge in [-0.05, 0) is 150 Å². The number of benzene rings is 4. The summed E-state index contributed by atoms with van der Waals surface area (Å²) in [5.74, 6) is -6.00. The molecule has 2 saturated heterocycles. The van der Waals surface area contributed by atoms with Crippen LogP contribution >= 0.6 is 46.4 Å². The zero-order valence-corrected chi connectivity index (χ0v) is 66.4. The van der Waals surface area contributed by atoms with Gasteiger partial charge < -0.3 is 59.5 Å². The molecule has 4 aromatic carbocycles. The summed E-state index contributed by atoms with van der Waals surface area (Å²) in [4.78, 5) is 143. The van der Waals surface area contributed by atoms with Crippen LogP contribution in [0.15, 0.2) is 119 Å². The molecular formula is C75H88Cl4N10O20S2. The molecule has 36 heteroatoms. The molecule has 0 spiro atoms. The molecule has 6 N–H and O–H groups in total. The van der Waals surface area contributed by atoms with Gasteiger partial charge in [0.25, 0.3) is 31.9 Å². The van der Waals surface area contributed by atoms with Crippen LogP contribution in [0.5, 0.6) is 0 Å². The third-order valence-electron chi connectivity index (χ3n) is 20.3. The van der Waals surface area contributed by atoms with E-state index in [2.05, 4.69) is 30.7 Å². The van der Waals surface area contributed by atoms with Crippen LogP contribution < -0.4 is 30.7 Å². The van der Waals surface area contributed by atoms with Crippen LogP contribution in [-0.2, 0) is 103 Å². The minimum Gasteiger partial charge on any atom is -0.444 e. The van der Waals surface area contributed by atoms with Crippen LogP contribution in [0.3, 0.4) is 0 Å². The molecule has 10 atom stereocenters. The number of fused-ring (bicyclic) bond motifs is 6. The van der Waals surface area contributed by atoms with Gasteiger partial charge in [0.15, 0.2) is 0 Å². The number of amides is 10. The molecule has 4 aromatic rings. The molecule has 30 nitrogen and oxygen atoms in total. The third-order valence-corrected chi connectivity index (χ3v) is 24.2. The summed E-state index contributed by atoms with van der Waals surface area (Å²) in [6.07, 6.45) is 3.21. The fourth-order valence-corrected chi connectivity index (χ4v) is 16.7. The number of nitrogens with zero attached hydrogens (tertiary/aromatic N) is 4. The van der Waals surface area contributed by atoms with E-state index in [0.29, 0.717) is 39.4 Å². The first-order chi connectivity index (χ1) is 52.5. The van der Waals surface area contributed by atoms with E-state index in [1.54, 1.807) is 83.2 Å². The number of rotatable bonds is 12. The zero-order chi connectivity index (χ0) is 80.1. The van der Waals surface area contributed by atoms with Crippen molar-refractivity contribution in [2.75, 3.05) is 39.5 Å². The fraction of sp³-hybridized carbons (Fsp3) is 0.493. The highest BCUT2D eigenvalue weighted by Gasteiger charge is 2.63. The Labute approximate surface area is 662 Å². The van der Waals surface area contributed by atoms with E-state index in [0.717, 1.165) is 22.3 Å². The Morgan fingerprint density at radius 1 is 0.550 bits per heavy atom. The summed E-state index contributed by atoms with van der Waals surface area (Å²) in [5.41, 5.74) is -1.76. The quantitative estimate of drug-likeness (QED) is 0.0571. The summed E-state index contributed by atoms with van der Waals surface area (Å²) in [7, 11) is -8.75. The van der Waals surface area contributed by atoms with E-state index < -0.39 is 150 Å². The standard InChI is InChI=1S/C38H45Cl2N5O10S.C37H43Cl2N5O10S/c1-4-37(2,3)55-35(49)41-30-15-17-53-16-6-5-9-24-19-38(24,34(48)43-56(51,52)27-13-11-25(39)12-14-27)42-32(46)31-18-26(21-45(31)33(30)47)54-36(50)44-20-23-8-7-10-29(40)28(23)22-44;1-36(2,3)54-34(48)40-29-14-16-52-15-5-4-8-23-18-37(23,33(47)42-55(50,51)26-12-10-24(38)11-13-26)41-31(45)30-17-25(20-44(30)32(29)46)53-35(49)43-19-22-7-6-9-28(39)27(22)21-43/h5,7-14,24,26,30-31H,4,6,15-22H2,1-3H3,(H,41,49)(H,42,46)(H,43,48);4,6-13,23,25,29-30H,5,14-21H2,1-3H3,(H,40,48)(H,41,45)(H,42,47)/b9-5-;8-4-/t24-,26-,30+,31+,38-;23-,25-,29+,30+,37-/m11/s1. The van der Waals surface area contributed by atoms with Crippen LogP contribution in [0.25, 0.3) is 0 Å². The van der Waals surface area contributed by atoms with Gasteiger partial charge in [0.05, 0.1) is 49.2 Å². The normalized spacial score (nSPS) is 26.1. The van der Waals surface area contributed by atoms with Crippen molar-refractivity contribution in [3.8, 4) is 0 Å². The Morgan fingerprint density at radius 3 is 1.32 bits per heavy atom. The molecule has 6 heterocycles. The Hall–Kier alpha value is -8.76. The Morgan fingerprint density at radius 2 is 0.946 bits per heavy atom. The molecule has 0 unspecified atom stereocenters. The smallest absolute Gasteiger partial charge is 0.410 e. The maximum atomic E-state index is 14.4. The predicted molar refractivity (Wildman–Crippen MR) is 403 cm³/mol. The number of carbonyl (C=O) groups excluding carboxylic acids is 10. The molecule has 2 aliphatic carbocycles. The lowest BCUT2D eigenvalue weighted by atomic mass is 10.1. The number of nitrogens with one attached hydrogen (secondary N) is 6. The second-order valence-corrected chi connectivity index (χ2v) is 35.0. The number of alkyl carbamates (subject to hydrolysis) is 2. The Balaban J connectivity index is 0.000000220. The first-order valence-electron chi connectivity index (χ1n) is 36.3. The monoisotopic (exact) mass is 1650 g/mol. The molecular weight excluding hydrogens is 1570 g/mol. The second-order valence-electron chi connectivity index (χ2n) is 29.9. The fourth-order valence-electron chi connectivity index (χ4n) is 13.8. The SMILES string of the molecule is CC(C)(C)OC(=O)N[C@H]1CCOCC/C=C\[C@@H]2C[C@@]2(C(=O)NS(=O)(=O)c2ccc(Cl)cc2)NC(=O)[C@@H]2C[C@@H](OC(=O)N3Cc4cccc(Cl)c4C3)CN2C1=O.CCC(C)(C)OC(=O)N[C@H]1CCOCC/C=C\[C@@H]2C[C@@]2(C(=O)NS(=O)(=O)c2ccc(Cl)cc2)NC(=O)[C@@H]2C[C@@H](OC(=O)N3Cc4cccc(Cl)c4C3)CN2C1=O. The highest BCUT2D eigenvalue weighted by molar-refractivity contribution is 7.90. The Bertz CT molecular complexity index is 4570. The van der Waals surface area contributed by atoms with Crippen molar-refractivity contribution in [2.24, 2.45) is 11.8 Å². The molecule has 598 valence electrons. The summed E-state index contributed by atoms with van der Waals surface area (Å²) < 4.78 is 91.5. The summed E-state index contributed by atoms with van der Waals surface area (Å²) in [6.45, 7) is 11.4. The number of carbonyl (C=O) groups is 10. The number of halogens is 4. The van der Waals surface area contributed by atoms with Crippen LogP contribution in [0.1, 0.15) is 122 Å². The molecule has 12 rings (SSSR count). The second kappa shape index (κ2) is 34.3. The van der Waals surface area contributed by atoms with Crippen molar-refractivity contribution in [3.63, 3.8) is 0 Å². The average molecular weight is 1660 g/mol. The molecule has 10 amide bonds. The first kappa shape index (κ1) is 83.2. The van der Waals surface area contributed by atoms with E-state index in [1.165, 1.54) is 68.1 Å². The minimum atomic E-state index is -4.37. The summed E-state index contributed by atoms with van der Waals surface area (Å²) in [6, 6.07) is 16.2. The molecule has 0 bridgehead atoms. The molecule has 0 radical (unpaired) electrons. The van der Waals surface area contributed by atoms with Crippen molar-refractivity contribution in [1.82, 2.24) is 50.3 Å². The lowest BCUT2D eigenvalue weighted by Crippen LogP contribution is -2.58. The van der Waals surface area contributed by atoms with Crippen LogP contribution in [0.2, 0.25) is 20.1 Å². The largest absolute Gasteiger partial charge is 0.444 e. The lowest BCUT2D eigenvalue weighted by molar-refractivity contribution is -0.141. The summed E-state index contributed by atoms with van der Waals surface area (Å²) >= 11 is 24.6. The number of hydrogen-bond acceptors (Lipinski definition) is 20. The van der Waals surface area contributed by atoms with Gasteiger partial charge in [-0.1, -0.05) is 102 Å². The number of hydrogen-bond donors (Lipinski definition) is 6. The zero-order valence-electron chi connectivity index (χ0n) is 61.7. The van der Waals surface area contributed by atoms with Gasteiger partial charge in [-0.3, -0.25) is 38.6 Å². The number of sulfonamides is 2. The van der Waals surface area contributed by atoms with Gasteiger partial charge in [-0.15, -0.1) is 0 Å². The van der Waals surface area contributed by atoms with Crippen molar-refractivity contribution < 1.29 is 93.2 Å². The van der Waals surface area contributed by atoms with Gasteiger partial charge >= 0.3 is 24.4 Å². The minimum absolute atomic E-state index is 0.0292. The first-order valence-corrected chi connectivity index (χ1v) is 40.8. The average Bonchev–Trinajstić information content (AvgIpc) is 1.58. The topological polar surface area (TPSA) is 379 Å². The third kappa shape index (κ3) is 20.2. The summed E-state index contributed by atoms with van der Waals surface area (Å²) in [5, 5.41) is 12.4. The Kier molecular flexibility index (Phi) is 25.7. The van der Waals surface area contributed by atoms with Crippen LogP contribution in [0.4, 0.5) is 19.2 Å². The molecule has 4 fully saturated rings. The number of ether oxygens (including phenoxy) is 6. The van der Waals surface area contributed by atoms with Gasteiger partial charge in [0.2, 0.25) is 23.6 Å². The molecule has 8 aliphatic rings. The van der Waals surface area contributed by atoms with Gasteiger partial charge in [0.1, 0.15) is 58.7 Å². The molecule has 111 heavy (non-hydrogen) atoms. The lowest BCUT2D eigenvalue weighted by Gasteiger charge is -2.30. The van der Waals surface area contributed by atoms with Gasteiger partial charge in [0, 0.05) is 83.9 Å². The van der Waals surface area contributed by atoms with Crippen molar-refractivity contribution in [3.05, 3.63) is 152 Å². The van der Waals surface area contributed by atoms with Crippen molar-refractivity contribution in [2.45, 2.75) is 194 Å². The highest BCUT2D eigenvalue weighted by Crippen LogP contribution is 2.48. The van der Waals surface area contributed by atoms with Gasteiger partial charge in [-0.2, -0.15) is 0 Å². The predicted octanol–water partition coefficient (Wildman–Crippen LogP) is 8.50. The molecule has 0 aromatic heterocycles. The van der Waals surface area contributed by atoms with E-state index in [-0.39, 0.29) is 114 Å².